The average Bonchev–Trinajstić information content (AvgIpc) is 2.51. The molecule has 0 bridgehead atoms. The van der Waals surface area contributed by atoms with Crippen molar-refractivity contribution in [3.05, 3.63) is 47.0 Å². The molecule has 5 heteroatoms. The molecular formula is C20H21F5. The Morgan fingerprint density at radius 3 is 2.20 bits per heavy atom. The zero-order chi connectivity index (χ0) is 18.4. The Morgan fingerprint density at radius 2 is 1.68 bits per heavy atom. The Bertz CT molecular complexity index is 645. The van der Waals surface area contributed by atoms with Gasteiger partial charge in [-0.3, -0.25) is 0 Å². The lowest BCUT2D eigenvalue weighted by molar-refractivity contribution is -0.142. The molecule has 0 N–H and O–H groups in total. The summed E-state index contributed by atoms with van der Waals surface area (Å²) in [6, 6.07) is 1.23. The van der Waals surface area contributed by atoms with Crippen LogP contribution in [0.5, 0.6) is 0 Å². The minimum atomic E-state index is -5.06. The molecule has 0 saturated heterocycles. The van der Waals surface area contributed by atoms with Gasteiger partial charge in [-0.1, -0.05) is 37.7 Å². The first-order valence-corrected chi connectivity index (χ1v) is 8.55. The minimum Gasteiger partial charge on any atom is -0.206 e. The Labute approximate surface area is 145 Å². The Balaban J connectivity index is 1.98. The highest BCUT2D eigenvalue weighted by Crippen LogP contribution is 2.34. The molecule has 1 aliphatic carbocycles. The molecule has 1 aromatic carbocycles. The molecule has 1 aliphatic rings. The smallest absolute Gasteiger partial charge is 0.206 e. The quantitative estimate of drug-likeness (QED) is 0.428. The molecule has 1 saturated carbocycles. The van der Waals surface area contributed by atoms with E-state index in [0.29, 0.717) is 18.1 Å². The Kier molecular flexibility index (Phi) is 6.64. The second-order valence-corrected chi connectivity index (χ2v) is 6.51. The maximum atomic E-state index is 13.5. The Hall–Kier alpha value is -1.83. The zero-order valence-electron chi connectivity index (χ0n) is 14.1. The average molecular weight is 356 g/mol. The van der Waals surface area contributed by atoms with Crippen molar-refractivity contribution in [1.82, 2.24) is 0 Å². The van der Waals surface area contributed by atoms with Crippen LogP contribution in [0.25, 0.3) is 0 Å². The van der Waals surface area contributed by atoms with E-state index in [1.165, 1.54) is 25.7 Å². The summed E-state index contributed by atoms with van der Waals surface area (Å²) >= 11 is 0. The molecular weight excluding hydrogens is 335 g/mol. The third-order valence-electron chi connectivity index (χ3n) is 4.58. The second kappa shape index (κ2) is 8.51. The van der Waals surface area contributed by atoms with Gasteiger partial charge in [0.05, 0.1) is 0 Å². The van der Waals surface area contributed by atoms with Crippen LogP contribution in [0, 0.1) is 35.3 Å². The van der Waals surface area contributed by atoms with E-state index >= 15 is 0 Å². The van der Waals surface area contributed by atoms with Crippen LogP contribution < -0.4 is 0 Å². The molecule has 136 valence electrons. The van der Waals surface area contributed by atoms with Crippen molar-refractivity contribution in [2.45, 2.75) is 51.6 Å². The number of hydrogen-bond acceptors (Lipinski definition) is 0. The summed E-state index contributed by atoms with van der Waals surface area (Å²) in [7, 11) is 0. The van der Waals surface area contributed by atoms with E-state index in [-0.39, 0.29) is 5.56 Å². The van der Waals surface area contributed by atoms with Crippen LogP contribution in [0.15, 0.2) is 24.3 Å². The van der Waals surface area contributed by atoms with Gasteiger partial charge in [0.1, 0.15) is 17.2 Å². The molecule has 0 aromatic heterocycles. The van der Waals surface area contributed by atoms with Crippen LogP contribution in [0.2, 0.25) is 0 Å². The van der Waals surface area contributed by atoms with Gasteiger partial charge in [0.2, 0.25) is 0 Å². The van der Waals surface area contributed by atoms with Crippen LogP contribution >= 0.6 is 0 Å². The summed E-state index contributed by atoms with van der Waals surface area (Å²) in [6.07, 6.45) is 5.62. The van der Waals surface area contributed by atoms with Gasteiger partial charge in [-0.2, -0.15) is 13.2 Å². The predicted molar refractivity (Wildman–Crippen MR) is 87.7 cm³/mol. The van der Waals surface area contributed by atoms with E-state index in [1.54, 1.807) is 6.08 Å². The first-order valence-electron chi connectivity index (χ1n) is 8.55. The maximum absolute atomic E-state index is 13.5. The fourth-order valence-electron chi connectivity index (χ4n) is 3.30. The number of rotatable bonds is 3. The lowest BCUT2D eigenvalue weighted by atomic mass is 9.80. The van der Waals surface area contributed by atoms with E-state index in [4.69, 9.17) is 0 Å². The van der Waals surface area contributed by atoms with Crippen LogP contribution in [-0.4, -0.2) is 0 Å². The molecule has 0 atom stereocenters. The zero-order valence-corrected chi connectivity index (χ0v) is 14.1. The fraction of sp³-hybridized carbons (Fsp3) is 0.500. The first-order chi connectivity index (χ1) is 11.8. The SMILES string of the molecule is CCCC1CCC(/C=C/C#Cc2cc(F)c(C(F)(F)F)c(F)c2)CC1. The number of halogens is 5. The van der Waals surface area contributed by atoms with Crippen molar-refractivity contribution in [2.24, 2.45) is 11.8 Å². The third-order valence-corrected chi connectivity index (χ3v) is 4.58. The van der Waals surface area contributed by atoms with Crippen LogP contribution in [0.3, 0.4) is 0 Å². The van der Waals surface area contributed by atoms with Gasteiger partial charge in [-0.05, 0) is 55.7 Å². The number of alkyl halides is 3. The maximum Gasteiger partial charge on any atom is 0.422 e. The van der Waals surface area contributed by atoms with E-state index in [2.05, 4.69) is 18.8 Å². The van der Waals surface area contributed by atoms with Gasteiger partial charge in [-0.25, -0.2) is 8.78 Å². The molecule has 1 aromatic rings. The molecule has 0 spiro atoms. The van der Waals surface area contributed by atoms with E-state index in [1.807, 2.05) is 6.08 Å². The van der Waals surface area contributed by atoms with Gasteiger partial charge >= 0.3 is 6.18 Å². The molecule has 0 aliphatic heterocycles. The van der Waals surface area contributed by atoms with Crippen molar-refractivity contribution in [3.8, 4) is 11.8 Å². The highest BCUT2D eigenvalue weighted by Gasteiger charge is 2.37. The van der Waals surface area contributed by atoms with Crippen molar-refractivity contribution in [1.29, 1.82) is 0 Å². The van der Waals surface area contributed by atoms with Crippen molar-refractivity contribution >= 4 is 0 Å². The van der Waals surface area contributed by atoms with Crippen LogP contribution in [-0.2, 0) is 6.18 Å². The second-order valence-electron chi connectivity index (χ2n) is 6.51. The minimum absolute atomic E-state index is 0.112. The topological polar surface area (TPSA) is 0 Å². The van der Waals surface area contributed by atoms with E-state index < -0.39 is 23.4 Å². The molecule has 0 radical (unpaired) electrons. The van der Waals surface area contributed by atoms with Gasteiger partial charge in [-0.15, -0.1) is 0 Å². The van der Waals surface area contributed by atoms with Gasteiger partial charge < -0.3 is 0 Å². The van der Waals surface area contributed by atoms with Crippen molar-refractivity contribution in [2.75, 3.05) is 0 Å². The molecule has 0 nitrogen and oxygen atoms in total. The molecule has 2 rings (SSSR count). The number of benzene rings is 1. The summed E-state index contributed by atoms with van der Waals surface area (Å²) in [5.74, 6) is 3.11. The summed E-state index contributed by atoms with van der Waals surface area (Å²) in [5, 5.41) is 0. The van der Waals surface area contributed by atoms with Gasteiger partial charge in [0, 0.05) is 5.56 Å². The molecule has 0 unspecified atom stereocenters. The third kappa shape index (κ3) is 5.59. The summed E-state index contributed by atoms with van der Waals surface area (Å²) in [5.41, 5.74) is -1.99. The van der Waals surface area contributed by atoms with Gasteiger partial charge in [0.15, 0.2) is 0 Å². The van der Waals surface area contributed by atoms with Crippen molar-refractivity contribution < 1.29 is 22.0 Å². The fourth-order valence-corrected chi connectivity index (χ4v) is 3.30. The van der Waals surface area contributed by atoms with Crippen LogP contribution in [0.4, 0.5) is 22.0 Å². The number of hydrogen-bond donors (Lipinski definition) is 0. The lowest BCUT2D eigenvalue weighted by Gasteiger charge is -2.26. The normalized spacial score (nSPS) is 21.2. The first kappa shape index (κ1) is 19.5. The monoisotopic (exact) mass is 356 g/mol. The molecule has 0 heterocycles. The summed E-state index contributed by atoms with van der Waals surface area (Å²) < 4.78 is 64.4. The predicted octanol–water partition coefficient (Wildman–Crippen LogP) is 6.50. The van der Waals surface area contributed by atoms with Gasteiger partial charge in [0.25, 0.3) is 0 Å². The summed E-state index contributed by atoms with van der Waals surface area (Å²) in [6.45, 7) is 2.19. The van der Waals surface area contributed by atoms with E-state index in [9.17, 15) is 22.0 Å². The molecule has 25 heavy (non-hydrogen) atoms. The van der Waals surface area contributed by atoms with E-state index in [0.717, 1.165) is 18.8 Å². The number of allylic oxidation sites excluding steroid dienone is 2. The molecule has 1 fully saturated rings. The highest BCUT2D eigenvalue weighted by molar-refractivity contribution is 5.40. The largest absolute Gasteiger partial charge is 0.422 e. The Morgan fingerprint density at radius 1 is 1.08 bits per heavy atom. The standard InChI is InChI=1S/C20H21F5/c1-2-5-14-8-10-15(11-9-14)6-3-4-7-16-12-17(21)19(18(22)13-16)20(23,24)25/h3,6,12-15H,2,5,8-11H2,1H3/b6-3+. The highest BCUT2D eigenvalue weighted by atomic mass is 19.4. The summed E-state index contributed by atoms with van der Waals surface area (Å²) in [4.78, 5) is 0. The van der Waals surface area contributed by atoms with Crippen LogP contribution in [0.1, 0.15) is 56.6 Å². The lowest BCUT2D eigenvalue weighted by Crippen LogP contribution is -2.12. The molecule has 0 amide bonds. The van der Waals surface area contributed by atoms with Crippen molar-refractivity contribution in [3.63, 3.8) is 0 Å².